The minimum absolute atomic E-state index is 0.388. The molecule has 0 radical (unpaired) electrons. The van der Waals surface area contributed by atoms with Gasteiger partial charge in [0, 0.05) is 11.7 Å². The first-order valence-corrected chi connectivity index (χ1v) is 5.28. The van der Waals surface area contributed by atoms with Crippen LogP contribution in [0.1, 0.15) is 35.2 Å². The van der Waals surface area contributed by atoms with E-state index in [1.807, 2.05) is 13.0 Å². The van der Waals surface area contributed by atoms with Crippen molar-refractivity contribution in [2.24, 2.45) is 0 Å². The highest BCUT2D eigenvalue weighted by atomic mass is 16.4. The number of carbonyl (C=O) groups is 1. The predicted molar refractivity (Wildman–Crippen MR) is 59.4 cm³/mol. The summed E-state index contributed by atoms with van der Waals surface area (Å²) in [5, 5.41) is 12.3. The molecule has 0 bridgehead atoms. The Labute approximate surface area is 89.1 Å². The Hall–Kier alpha value is -1.51. The molecule has 1 fully saturated rings. The third-order valence-corrected chi connectivity index (χ3v) is 3.03. The standard InChI is InChI=1S/C12H15NO2/c1-8-10(12(14)15)6-3-7-11(8)13-9-4-2-5-9/h3,6-7,9,13H,2,4-5H2,1H3,(H,14,15). The van der Waals surface area contributed by atoms with E-state index in [0.717, 1.165) is 11.3 Å². The fraction of sp³-hybridized carbons (Fsp3) is 0.417. The van der Waals surface area contributed by atoms with Crippen LogP contribution < -0.4 is 5.32 Å². The fourth-order valence-electron chi connectivity index (χ4n) is 1.80. The number of benzene rings is 1. The van der Waals surface area contributed by atoms with Crippen LogP contribution in [0.5, 0.6) is 0 Å². The van der Waals surface area contributed by atoms with Crippen LogP contribution >= 0.6 is 0 Å². The molecule has 0 heterocycles. The van der Waals surface area contributed by atoms with Crippen LogP contribution in [0.2, 0.25) is 0 Å². The second kappa shape index (κ2) is 3.93. The van der Waals surface area contributed by atoms with E-state index in [0.29, 0.717) is 11.6 Å². The average Bonchev–Trinajstić information content (AvgIpc) is 2.13. The van der Waals surface area contributed by atoms with Gasteiger partial charge in [-0.3, -0.25) is 0 Å². The van der Waals surface area contributed by atoms with Crippen molar-refractivity contribution >= 4 is 11.7 Å². The van der Waals surface area contributed by atoms with Gasteiger partial charge >= 0.3 is 5.97 Å². The van der Waals surface area contributed by atoms with Crippen LogP contribution in [0.4, 0.5) is 5.69 Å². The van der Waals surface area contributed by atoms with Crippen molar-refractivity contribution in [2.45, 2.75) is 32.2 Å². The van der Waals surface area contributed by atoms with Gasteiger partial charge in [-0.2, -0.15) is 0 Å². The van der Waals surface area contributed by atoms with Crippen LogP contribution in [0.25, 0.3) is 0 Å². The van der Waals surface area contributed by atoms with E-state index in [-0.39, 0.29) is 0 Å². The lowest BCUT2D eigenvalue weighted by atomic mass is 9.92. The molecular formula is C12H15NO2. The maximum absolute atomic E-state index is 10.9. The molecule has 3 heteroatoms. The molecule has 0 saturated heterocycles. The summed E-state index contributed by atoms with van der Waals surface area (Å²) in [6, 6.07) is 5.91. The van der Waals surface area contributed by atoms with Gasteiger partial charge in [-0.05, 0) is 43.9 Å². The largest absolute Gasteiger partial charge is 0.478 e. The number of aromatic carboxylic acids is 1. The molecule has 0 aliphatic heterocycles. The monoisotopic (exact) mass is 205 g/mol. The average molecular weight is 205 g/mol. The highest BCUT2D eigenvalue weighted by molar-refractivity contribution is 5.91. The van der Waals surface area contributed by atoms with E-state index < -0.39 is 5.97 Å². The Kier molecular flexibility index (Phi) is 2.62. The Morgan fingerprint density at radius 3 is 2.73 bits per heavy atom. The first-order valence-electron chi connectivity index (χ1n) is 5.28. The molecule has 3 nitrogen and oxygen atoms in total. The van der Waals surface area contributed by atoms with E-state index in [2.05, 4.69) is 5.32 Å². The number of nitrogens with one attached hydrogen (secondary N) is 1. The Bertz CT molecular complexity index is 383. The molecule has 0 unspecified atom stereocenters. The van der Waals surface area contributed by atoms with E-state index >= 15 is 0 Å². The van der Waals surface area contributed by atoms with Crippen molar-refractivity contribution in [3.05, 3.63) is 29.3 Å². The van der Waals surface area contributed by atoms with Crippen LogP contribution in [0.15, 0.2) is 18.2 Å². The third kappa shape index (κ3) is 1.96. The molecule has 0 atom stereocenters. The van der Waals surface area contributed by atoms with E-state index in [1.54, 1.807) is 12.1 Å². The zero-order chi connectivity index (χ0) is 10.8. The molecule has 1 aliphatic carbocycles. The van der Waals surface area contributed by atoms with Crippen LogP contribution in [0.3, 0.4) is 0 Å². The van der Waals surface area contributed by atoms with E-state index in [9.17, 15) is 4.79 Å². The van der Waals surface area contributed by atoms with E-state index in [1.165, 1.54) is 19.3 Å². The van der Waals surface area contributed by atoms with Gasteiger partial charge in [0.2, 0.25) is 0 Å². The summed E-state index contributed by atoms with van der Waals surface area (Å²) < 4.78 is 0. The Morgan fingerprint density at radius 1 is 1.47 bits per heavy atom. The smallest absolute Gasteiger partial charge is 0.336 e. The van der Waals surface area contributed by atoms with Crippen molar-refractivity contribution in [3.8, 4) is 0 Å². The number of rotatable bonds is 3. The van der Waals surface area contributed by atoms with Crippen LogP contribution in [-0.2, 0) is 0 Å². The predicted octanol–water partition coefficient (Wildman–Crippen LogP) is 2.66. The molecule has 0 aromatic heterocycles. The van der Waals surface area contributed by atoms with Crippen LogP contribution in [-0.4, -0.2) is 17.1 Å². The third-order valence-electron chi connectivity index (χ3n) is 3.03. The van der Waals surface area contributed by atoms with Gasteiger partial charge in [0.25, 0.3) is 0 Å². The molecule has 1 saturated carbocycles. The molecule has 1 aromatic rings. The summed E-state index contributed by atoms with van der Waals surface area (Å²) >= 11 is 0. The van der Waals surface area contributed by atoms with Gasteiger partial charge < -0.3 is 10.4 Å². The van der Waals surface area contributed by atoms with Crippen molar-refractivity contribution in [3.63, 3.8) is 0 Å². The summed E-state index contributed by atoms with van der Waals surface area (Å²) in [5.41, 5.74) is 2.18. The summed E-state index contributed by atoms with van der Waals surface area (Å²) in [7, 11) is 0. The van der Waals surface area contributed by atoms with Gasteiger partial charge in [-0.15, -0.1) is 0 Å². The Balaban J connectivity index is 2.22. The SMILES string of the molecule is Cc1c(NC2CCC2)cccc1C(=O)O. The number of hydrogen-bond donors (Lipinski definition) is 2. The quantitative estimate of drug-likeness (QED) is 0.797. The molecule has 0 amide bonds. The topological polar surface area (TPSA) is 49.3 Å². The van der Waals surface area contributed by atoms with Gasteiger partial charge in [0.1, 0.15) is 0 Å². The maximum atomic E-state index is 10.9. The second-order valence-electron chi connectivity index (χ2n) is 4.06. The molecule has 1 aromatic carbocycles. The molecule has 80 valence electrons. The van der Waals surface area contributed by atoms with E-state index in [4.69, 9.17) is 5.11 Å². The lowest BCUT2D eigenvalue weighted by Crippen LogP contribution is -2.27. The normalized spacial score (nSPS) is 15.8. The first-order chi connectivity index (χ1) is 7.18. The zero-order valence-corrected chi connectivity index (χ0v) is 8.79. The molecular weight excluding hydrogens is 190 g/mol. The summed E-state index contributed by atoms with van der Waals surface area (Å²) in [6.45, 7) is 1.85. The second-order valence-corrected chi connectivity index (χ2v) is 4.06. The molecule has 2 N–H and O–H groups in total. The van der Waals surface area contributed by atoms with Crippen molar-refractivity contribution in [2.75, 3.05) is 5.32 Å². The lowest BCUT2D eigenvalue weighted by molar-refractivity contribution is 0.0696. The molecule has 15 heavy (non-hydrogen) atoms. The van der Waals surface area contributed by atoms with Crippen molar-refractivity contribution < 1.29 is 9.90 Å². The molecule has 0 spiro atoms. The van der Waals surface area contributed by atoms with Crippen molar-refractivity contribution in [1.29, 1.82) is 0 Å². The first kappa shape index (κ1) is 10.0. The summed E-state index contributed by atoms with van der Waals surface area (Å²) in [6.07, 6.45) is 3.66. The summed E-state index contributed by atoms with van der Waals surface area (Å²) in [5.74, 6) is -0.857. The highest BCUT2D eigenvalue weighted by Crippen LogP contribution is 2.26. The fourth-order valence-corrected chi connectivity index (χ4v) is 1.80. The number of anilines is 1. The number of carboxylic acid groups (broad SMARTS) is 1. The van der Waals surface area contributed by atoms with Gasteiger partial charge in [0.05, 0.1) is 5.56 Å². The van der Waals surface area contributed by atoms with Gasteiger partial charge in [0.15, 0.2) is 0 Å². The number of carboxylic acids is 1. The molecule has 1 aliphatic rings. The highest BCUT2D eigenvalue weighted by Gasteiger charge is 2.18. The molecule has 2 rings (SSSR count). The van der Waals surface area contributed by atoms with Crippen molar-refractivity contribution in [1.82, 2.24) is 0 Å². The maximum Gasteiger partial charge on any atom is 0.336 e. The summed E-state index contributed by atoms with van der Waals surface area (Å²) in [4.78, 5) is 10.9. The Morgan fingerprint density at radius 2 is 2.20 bits per heavy atom. The minimum atomic E-state index is -0.857. The van der Waals surface area contributed by atoms with Gasteiger partial charge in [-0.25, -0.2) is 4.79 Å². The zero-order valence-electron chi connectivity index (χ0n) is 8.79. The minimum Gasteiger partial charge on any atom is -0.478 e. The number of hydrogen-bond acceptors (Lipinski definition) is 2. The van der Waals surface area contributed by atoms with Gasteiger partial charge in [-0.1, -0.05) is 6.07 Å². The lowest BCUT2D eigenvalue weighted by Gasteiger charge is -2.28. The van der Waals surface area contributed by atoms with Crippen LogP contribution in [0, 0.1) is 6.92 Å².